The lowest BCUT2D eigenvalue weighted by Crippen LogP contribution is -2.48. The fraction of sp³-hybridized carbons (Fsp3) is 0.867. The van der Waals surface area contributed by atoms with Crippen molar-refractivity contribution in [3.63, 3.8) is 0 Å². The zero-order valence-electron chi connectivity index (χ0n) is 12.2. The fourth-order valence-electron chi connectivity index (χ4n) is 3.75. The van der Waals surface area contributed by atoms with Crippen molar-refractivity contribution in [2.24, 2.45) is 5.41 Å². The number of methoxy groups -OCH3 is 1. The molecule has 0 bridgehead atoms. The molecule has 5 heteroatoms. The van der Waals surface area contributed by atoms with Crippen molar-refractivity contribution >= 4 is 11.8 Å². The smallest absolute Gasteiger partial charge is 0.225 e. The van der Waals surface area contributed by atoms with Gasteiger partial charge in [0, 0.05) is 33.2 Å². The van der Waals surface area contributed by atoms with Crippen molar-refractivity contribution < 1.29 is 14.3 Å². The summed E-state index contributed by atoms with van der Waals surface area (Å²) < 4.78 is 5.54. The summed E-state index contributed by atoms with van der Waals surface area (Å²) in [5.74, 6) is 0.385. The second-order valence-corrected chi connectivity index (χ2v) is 6.75. The number of carbonyl (C=O) groups is 2. The molecule has 1 aliphatic carbocycles. The second kappa shape index (κ2) is 5.02. The first-order valence-electron chi connectivity index (χ1n) is 7.66. The van der Waals surface area contributed by atoms with Crippen molar-refractivity contribution in [2.75, 3.05) is 26.7 Å². The van der Waals surface area contributed by atoms with E-state index in [0.29, 0.717) is 12.8 Å². The van der Waals surface area contributed by atoms with Gasteiger partial charge >= 0.3 is 0 Å². The second-order valence-electron chi connectivity index (χ2n) is 6.75. The van der Waals surface area contributed by atoms with Gasteiger partial charge in [0.25, 0.3) is 0 Å². The molecular formula is C15H24N2O3. The predicted molar refractivity (Wildman–Crippen MR) is 74.1 cm³/mol. The molecule has 3 fully saturated rings. The lowest BCUT2D eigenvalue weighted by atomic mass is 9.76. The van der Waals surface area contributed by atoms with Crippen molar-refractivity contribution in [3.8, 4) is 0 Å². The van der Waals surface area contributed by atoms with Crippen LogP contribution in [-0.4, -0.2) is 49.1 Å². The Bertz CT molecular complexity index is 404. The largest absolute Gasteiger partial charge is 0.378 e. The maximum atomic E-state index is 12.4. The zero-order valence-corrected chi connectivity index (χ0v) is 12.2. The third kappa shape index (κ3) is 2.43. The molecule has 0 aromatic carbocycles. The van der Waals surface area contributed by atoms with Gasteiger partial charge in [-0.2, -0.15) is 0 Å². The predicted octanol–water partition coefficient (Wildman–Crippen LogP) is 1.07. The summed E-state index contributed by atoms with van der Waals surface area (Å²) in [6, 6.07) is 0. The minimum Gasteiger partial charge on any atom is -0.378 e. The average molecular weight is 280 g/mol. The third-order valence-electron chi connectivity index (χ3n) is 5.54. The van der Waals surface area contributed by atoms with Crippen LogP contribution < -0.4 is 5.32 Å². The van der Waals surface area contributed by atoms with E-state index < -0.39 is 0 Å². The van der Waals surface area contributed by atoms with E-state index in [1.807, 2.05) is 4.90 Å². The van der Waals surface area contributed by atoms with Crippen LogP contribution in [0.25, 0.3) is 0 Å². The zero-order chi connectivity index (χ0) is 14.2. The van der Waals surface area contributed by atoms with Crippen molar-refractivity contribution in [1.82, 2.24) is 10.2 Å². The Balaban J connectivity index is 1.53. The fourth-order valence-corrected chi connectivity index (χ4v) is 3.75. The molecule has 2 heterocycles. The number of hydrogen-bond donors (Lipinski definition) is 1. The van der Waals surface area contributed by atoms with Gasteiger partial charge in [0.1, 0.15) is 0 Å². The minimum absolute atomic E-state index is 0.114. The Morgan fingerprint density at radius 3 is 2.45 bits per heavy atom. The molecule has 2 saturated heterocycles. The molecule has 0 aromatic rings. The van der Waals surface area contributed by atoms with Crippen LogP contribution in [0.1, 0.15) is 44.9 Å². The van der Waals surface area contributed by atoms with Gasteiger partial charge < -0.3 is 15.0 Å². The maximum absolute atomic E-state index is 12.4. The summed E-state index contributed by atoms with van der Waals surface area (Å²) >= 11 is 0. The number of ether oxygens (including phenoxy) is 1. The summed E-state index contributed by atoms with van der Waals surface area (Å²) in [5, 5.41) is 2.93. The first kappa shape index (κ1) is 13.9. The molecule has 3 rings (SSSR count). The van der Waals surface area contributed by atoms with Gasteiger partial charge in [-0.1, -0.05) is 0 Å². The van der Waals surface area contributed by atoms with Crippen LogP contribution in [-0.2, 0) is 14.3 Å². The number of nitrogens with zero attached hydrogens (tertiary/aromatic N) is 1. The van der Waals surface area contributed by atoms with Crippen LogP contribution >= 0.6 is 0 Å². The van der Waals surface area contributed by atoms with Gasteiger partial charge in [-0.25, -0.2) is 0 Å². The standard InChI is InChI=1S/C15H24N2O3/c1-20-15(3-2-4-15)10-13(19)17-7-5-14(6-8-17)9-12(18)16-11-14/h2-11H2,1H3,(H,16,18). The minimum atomic E-state index is -0.183. The number of carbonyl (C=O) groups excluding carboxylic acids is 2. The van der Waals surface area contributed by atoms with Crippen LogP contribution in [0.2, 0.25) is 0 Å². The van der Waals surface area contributed by atoms with E-state index in [4.69, 9.17) is 4.74 Å². The molecule has 1 N–H and O–H groups in total. The topological polar surface area (TPSA) is 58.6 Å². The number of likely N-dealkylation sites (tertiary alicyclic amines) is 1. The van der Waals surface area contributed by atoms with Gasteiger partial charge in [-0.3, -0.25) is 9.59 Å². The van der Waals surface area contributed by atoms with E-state index >= 15 is 0 Å². The van der Waals surface area contributed by atoms with E-state index in [9.17, 15) is 9.59 Å². The number of hydrogen-bond acceptors (Lipinski definition) is 3. The third-order valence-corrected chi connectivity index (χ3v) is 5.54. The highest BCUT2D eigenvalue weighted by Crippen LogP contribution is 2.40. The Morgan fingerprint density at radius 2 is 2.00 bits per heavy atom. The highest BCUT2D eigenvalue weighted by molar-refractivity contribution is 5.80. The monoisotopic (exact) mass is 280 g/mol. The quantitative estimate of drug-likeness (QED) is 0.841. The highest BCUT2D eigenvalue weighted by Gasteiger charge is 2.44. The molecular weight excluding hydrogens is 256 g/mol. The summed E-state index contributed by atoms with van der Waals surface area (Å²) in [7, 11) is 1.72. The summed E-state index contributed by atoms with van der Waals surface area (Å²) in [6.07, 6.45) is 6.22. The van der Waals surface area contributed by atoms with Gasteiger partial charge in [-0.15, -0.1) is 0 Å². The number of amides is 2. The van der Waals surface area contributed by atoms with Crippen LogP contribution in [0, 0.1) is 5.41 Å². The molecule has 20 heavy (non-hydrogen) atoms. The van der Waals surface area contributed by atoms with Crippen molar-refractivity contribution in [1.29, 1.82) is 0 Å². The Morgan fingerprint density at radius 1 is 1.30 bits per heavy atom. The molecule has 5 nitrogen and oxygen atoms in total. The van der Waals surface area contributed by atoms with Crippen LogP contribution in [0.15, 0.2) is 0 Å². The molecule has 2 amide bonds. The first-order valence-corrected chi connectivity index (χ1v) is 7.66. The molecule has 0 aromatic heterocycles. The lowest BCUT2D eigenvalue weighted by Gasteiger charge is -2.43. The molecule has 112 valence electrons. The summed E-state index contributed by atoms with van der Waals surface area (Å²) in [5.41, 5.74) is -0.0691. The summed E-state index contributed by atoms with van der Waals surface area (Å²) in [6.45, 7) is 2.36. The van der Waals surface area contributed by atoms with Crippen molar-refractivity contribution in [2.45, 2.75) is 50.5 Å². The van der Waals surface area contributed by atoms with Crippen LogP contribution in [0.4, 0.5) is 0 Å². The lowest BCUT2D eigenvalue weighted by molar-refractivity contribution is -0.146. The van der Waals surface area contributed by atoms with Crippen LogP contribution in [0.5, 0.6) is 0 Å². The summed E-state index contributed by atoms with van der Waals surface area (Å²) in [4.78, 5) is 25.8. The molecule has 3 aliphatic rings. The van der Waals surface area contributed by atoms with E-state index in [0.717, 1.165) is 51.7 Å². The van der Waals surface area contributed by atoms with Gasteiger partial charge in [0.05, 0.1) is 12.0 Å². The van der Waals surface area contributed by atoms with E-state index in [2.05, 4.69) is 5.32 Å². The van der Waals surface area contributed by atoms with E-state index in [1.54, 1.807) is 7.11 Å². The van der Waals surface area contributed by atoms with E-state index in [-0.39, 0.29) is 22.8 Å². The maximum Gasteiger partial charge on any atom is 0.225 e. The number of rotatable bonds is 3. The Kier molecular flexibility index (Phi) is 3.48. The average Bonchev–Trinajstić information content (AvgIpc) is 2.76. The number of piperidine rings is 1. The SMILES string of the molecule is COC1(CC(=O)N2CCC3(CC2)CNC(=O)C3)CCC1. The van der Waals surface area contributed by atoms with Crippen molar-refractivity contribution in [3.05, 3.63) is 0 Å². The van der Waals surface area contributed by atoms with E-state index in [1.165, 1.54) is 0 Å². The Labute approximate surface area is 120 Å². The molecule has 0 radical (unpaired) electrons. The molecule has 1 spiro atoms. The number of nitrogens with one attached hydrogen (secondary N) is 1. The molecule has 2 aliphatic heterocycles. The molecule has 0 atom stereocenters. The van der Waals surface area contributed by atoms with Crippen LogP contribution in [0.3, 0.4) is 0 Å². The molecule has 0 unspecified atom stereocenters. The first-order chi connectivity index (χ1) is 9.56. The van der Waals surface area contributed by atoms with Gasteiger partial charge in [-0.05, 0) is 37.5 Å². The normalized spacial score (nSPS) is 27.2. The Hall–Kier alpha value is -1.10. The highest BCUT2D eigenvalue weighted by atomic mass is 16.5. The van der Waals surface area contributed by atoms with Gasteiger partial charge in [0.2, 0.25) is 11.8 Å². The van der Waals surface area contributed by atoms with Gasteiger partial charge in [0.15, 0.2) is 0 Å². The molecule has 1 saturated carbocycles.